The minimum Gasteiger partial charge on any atom is -0.480 e. The monoisotopic (exact) mass is 358 g/mol. The van der Waals surface area contributed by atoms with Crippen LogP contribution < -0.4 is 10.1 Å². The molecule has 0 spiro atoms. The third kappa shape index (κ3) is 3.53. The molecular formula is C14H19BrN2O4. The summed E-state index contributed by atoms with van der Waals surface area (Å²) in [7, 11) is 1.88. The Bertz CT molecular complexity index is 512. The van der Waals surface area contributed by atoms with Crippen molar-refractivity contribution in [1.82, 2.24) is 5.32 Å². The Morgan fingerprint density at radius 2 is 2.29 bits per heavy atom. The number of hydrogen-bond acceptors (Lipinski definition) is 5. The third-order valence-corrected chi connectivity index (χ3v) is 4.17. The molecule has 1 aliphatic carbocycles. The first-order chi connectivity index (χ1) is 10.1. The number of likely N-dealkylation sites (N-methyl/N-ethyl adjacent to an activating group) is 1. The van der Waals surface area contributed by atoms with Crippen LogP contribution >= 0.6 is 15.9 Å². The molecule has 1 aromatic rings. The van der Waals surface area contributed by atoms with Crippen molar-refractivity contribution in [3.8, 4) is 5.75 Å². The van der Waals surface area contributed by atoms with E-state index in [0.717, 1.165) is 12.8 Å². The van der Waals surface area contributed by atoms with Crippen LogP contribution in [0.2, 0.25) is 0 Å². The molecule has 3 unspecified atom stereocenters. The van der Waals surface area contributed by atoms with Crippen molar-refractivity contribution in [1.29, 1.82) is 0 Å². The number of nitro benzene ring substituents is 1. The summed E-state index contributed by atoms with van der Waals surface area (Å²) in [4.78, 5) is 10.7. The molecule has 3 atom stereocenters. The van der Waals surface area contributed by atoms with Crippen molar-refractivity contribution < 1.29 is 14.4 Å². The van der Waals surface area contributed by atoms with Crippen LogP contribution in [0, 0.1) is 10.1 Å². The summed E-state index contributed by atoms with van der Waals surface area (Å²) in [5.74, 6) is 0.271. The van der Waals surface area contributed by atoms with Crippen LogP contribution in [0.25, 0.3) is 0 Å². The van der Waals surface area contributed by atoms with E-state index in [1.165, 1.54) is 6.07 Å². The van der Waals surface area contributed by atoms with Gasteiger partial charge >= 0.3 is 5.69 Å². The molecule has 116 valence electrons. The molecule has 0 aliphatic heterocycles. The van der Waals surface area contributed by atoms with Crippen LogP contribution in [0.5, 0.6) is 5.75 Å². The number of para-hydroxylation sites is 1. The van der Waals surface area contributed by atoms with E-state index in [4.69, 9.17) is 9.47 Å². The molecule has 1 N–H and O–H groups in total. The van der Waals surface area contributed by atoms with Gasteiger partial charge in [-0.1, -0.05) is 13.0 Å². The average molecular weight is 359 g/mol. The fourth-order valence-electron chi connectivity index (χ4n) is 2.37. The molecule has 0 radical (unpaired) electrons. The van der Waals surface area contributed by atoms with Crippen molar-refractivity contribution in [2.45, 2.75) is 38.0 Å². The van der Waals surface area contributed by atoms with E-state index in [9.17, 15) is 10.1 Å². The maximum Gasteiger partial charge on any atom is 0.312 e. The standard InChI is InChI=1S/C14H19BrN2O4/c1-3-7-20-14-10(16-2)8-12(14)21-13-9(15)5-4-6-11(13)17(18)19/h4-6,10,12,14,16H,3,7-8H2,1-2H3. The van der Waals surface area contributed by atoms with Gasteiger partial charge in [0.25, 0.3) is 0 Å². The lowest BCUT2D eigenvalue weighted by Gasteiger charge is -2.43. The Labute approximate surface area is 132 Å². The molecule has 1 aromatic carbocycles. The van der Waals surface area contributed by atoms with Crippen LogP contribution in [0.1, 0.15) is 19.8 Å². The minimum atomic E-state index is -0.434. The highest BCUT2D eigenvalue weighted by atomic mass is 79.9. The van der Waals surface area contributed by atoms with Crippen molar-refractivity contribution in [3.05, 3.63) is 32.8 Å². The highest BCUT2D eigenvalue weighted by molar-refractivity contribution is 9.10. The molecule has 21 heavy (non-hydrogen) atoms. The van der Waals surface area contributed by atoms with Crippen LogP contribution in [-0.2, 0) is 4.74 Å². The Morgan fingerprint density at radius 3 is 2.90 bits per heavy atom. The molecule has 7 heteroatoms. The van der Waals surface area contributed by atoms with Crippen molar-refractivity contribution in [2.75, 3.05) is 13.7 Å². The van der Waals surface area contributed by atoms with Crippen molar-refractivity contribution in [2.24, 2.45) is 0 Å². The van der Waals surface area contributed by atoms with Gasteiger partial charge in [-0.05, 0) is 35.5 Å². The summed E-state index contributed by atoms with van der Waals surface area (Å²) < 4.78 is 12.2. The highest BCUT2D eigenvalue weighted by Crippen LogP contribution is 2.38. The summed E-state index contributed by atoms with van der Waals surface area (Å²) in [6.07, 6.45) is 1.44. The second-order valence-electron chi connectivity index (χ2n) is 4.97. The predicted molar refractivity (Wildman–Crippen MR) is 82.7 cm³/mol. The van der Waals surface area contributed by atoms with Gasteiger partial charge < -0.3 is 14.8 Å². The van der Waals surface area contributed by atoms with Gasteiger partial charge in [-0.2, -0.15) is 0 Å². The molecule has 2 rings (SSSR count). The fraction of sp³-hybridized carbons (Fsp3) is 0.571. The van der Waals surface area contributed by atoms with Gasteiger partial charge in [-0.25, -0.2) is 0 Å². The Hall–Kier alpha value is -1.18. The zero-order valence-corrected chi connectivity index (χ0v) is 13.6. The predicted octanol–water partition coefficient (Wildman–Crippen LogP) is 2.89. The van der Waals surface area contributed by atoms with E-state index in [2.05, 4.69) is 21.2 Å². The zero-order chi connectivity index (χ0) is 15.4. The molecule has 0 saturated heterocycles. The quantitative estimate of drug-likeness (QED) is 0.599. The Kier molecular flexibility index (Phi) is 5.55. The van der Waals surface area contributed by atoms with Crippen LogP contribution in [0.3, 0.4) is 0 Å². The summed E-state index contributed by atoms with van der Waals surface area (Å²) in [5, 5.41) is 14.3. The van der Waals surface area contributed by atoms with Gasteiger partial charge in [0.2, 0.25) is 5.75 Å². The van der Waals surface area contributed by atoms with Crippen molar-refractivity contribution >= 4 is 21.6 Å². The Balaban J connectivity index is 2.13. The number of nitrogens with one attached hydrogen (secondary N) is 1. The second-order valence-corrected chi connectivity index (χ2v) is 5.82. The van der Waals surface area contributed by atoms with E-state index >= 15 is 0 Å². The van der Waals surface area contributed by atoms with E-state index in [0.29, 0.717) is 11.1 Å². The third-order valence-electron chi connectivity index (χ3n) is 3.55. The summed E-state index contributed by atoms with van der Waals surface area (Å²) in [6.45, 7) is 2.70. The van der Waals surface area contributed by atoms with Gasteiger partial charge in [0.05, 0.1) is 9.40 Å². The van der Waals surface area contributed by atoms with Crippen LogP contribution in [-0.4, -0.2) is 36.8 Å². The molecule has 1 aliphatic rings. The van der Waals surface area contributed by atoms with E-state index in [1.54, 1.807) is 12.1 Å². The Morgan fingerprint density at radius 1 is 1.52 bits per heavy atom. The van der Waals surface area contributed by atoms with E-state index in [-0.39, 0.29) is 29.7 Å². The lowest BCUT2D eigenvalue weighted by Crippen LogP contribution is -2.60. The fourth-order valence-corrected chi connectivity index (χ4v) is 2.81. The lowest BCUT2D eigenvalue weighted by molar-refractivity contribution is -0.386. The number of rotatable bonds is 7. The minimum absolute atomic E-state index is 0.0356. The van der Waals surface area contributed by atoms with Gasteiger partial charge in [0.15, 0.2) is 0 Å². The van der Waals surface area contributed by atoms with E-state index < -0.39 is 4.92 Å². The number of benzene rings is 1. The van der Waals surface area contributed by atoms with Crippen LogP contribution in [0.15, 0.2) is 22.7 Å². The molecule has 1 fully saturated rings. The molecule has 0 heterocycles. The van der Waals surface area contributed by atoms with Gasteiger partial charge in [0, 0.05) is 25.1 Å². The molecule has 0 bridgehead atoms. The summed E-state index contributed by atoms with van der Waals surface area (Å²) in [5.41, 5.74) is -0.0356. The number of nitro groups is 1. The molecular weight excluding hydrogens is 340 g/mol. The van der Waals surface area contributed by atoms with Gasteiger partial charge in [0.1, 0.15) is 12.2 Å². The normalized spacial score (nSPS) is 24.4. The maximum atomic E-state index is 11.1. The molecule has 1 saturated carbocycles. The number of hydrogen-bond donors (Lipinski definition) is 1. The summed E-state index contributed by atoms with van der Waals surface area (Å²) in [6, 6.07) is 5.02. The van der Waals surface area contributed by atoms with Crippen LogP contribution in [0.4, 0.5) is 5.69 Å². The van der Waals surface area contributed by atoms with E-state index in [1.807, 2.05) is 14.0 Å². The smallest absolute Gasteiger partial charge is 0.312 e. The van der Waals surface area contributed by atoms with Gasteiger partial charge in [-0.15, -0.1) is 0 Å². The topological polar surface area (TPSA) is 73.6 Å². The summed E-state index contributed by atoms with van der Waals surface area (Å²) >= 11 is 3.32. The second kappa shape index (κ2) is 7.20. The maximum absolute atomic E-state index is 11.1. The average Bonchev–Trinajstić information content (AvgIpc) is 2.44. The lowest BCUT2D eigenvalue weighted by atomic mass is 9.85. The molecule has 6 nitrogen and oxygen atoms in total. The highest BCUT2D eigenvalue weighted by Gasteiger charge is 2.44. The zero-order valence-electron chi connectivity index (χ0n) is 12.0. The number of ether oxygens (including phenoxy) is 2. The van der Waals surface area contributed by atoms with Gasteiger partial charge in [-0.3, -0.25) is 10.1 Å². The first-order valence-electron chi connectivity index (χ1n) is 6.96. The molecule has 0 amide bonds. The number of halogens is 1. The first kappa shape index (κ1) is 16.2. The van der Waals surface area contributed by atoms with Crippen molar-refractivity contribution in [3.63, 3.8) is 0 Å². The molecule has 0 aromatic heterocycles. The number of nitrogens with zero attached hydrogens (tertiary/aromatic N) is 1. The largest absolute Gasteiger partial charge is 0.480 e. The first-order valence-corrected chi connectivity index (χ1v) is 7.76. The SMILES string of the molecule is CCCOC1C(NC)CC1Oc1c(Br)cccc1[N+](=O)[O-].